The number of aromatic nitrogens is 2. The first-order chi connectivity index (χ1) is 15.0. The van der Waals surface area contributed by atoms with Gasteiger partial charge in [-0.05, 0) is 42.0 Å². The smallest absolute Gasteiger partial charge is 0.263 e. The fourth-order valence-electron chi connectivity index (χ4n) is 3.21. The summed E-state index contributed by atoms with van der Waals surface area (Å²) in [5, 5.41) is 0. The Kier molecular flexibility index (Phi) is 5.73. The molecular formula is C23H21N3O4S. The van der Waals surface area contributed by atoms with E-state index in [2.05, 4.69) is 14.7 Å². The van der Waals surface area contributed by atoms with Gasteiger partial charge >= 0.3 is 0 Å². The first-order valence-corrected chi connectivity index (χ1v) is 11.0. The van der Waals surface area contributed by atoms with Gasteiger partial charge in [0.1, 0.15) is 0 Å². The molecule has 0 bridgehead atoms. The van der Waals surface area contributed by atoms with Crippen LogP contribution in [0.5, 0.6) is 11.5 Å². The molecule has 1 heterocycles. The third kappa shape index (κ3) is 4.44. The maximum atomic E-state index is 12.9. The van der Waals surface area contributed by atoms with Crippen LogP contribution in [0.15, 0.2) is 77.7 Å². The summed E-state index contributed by atoms with van der Waals surface area (Å²) in [4.78, 5) is 9.39. The Labute approximate surface area is 180 Å². The van der Waals surface area contributed by atoms with Crippen LogP contribution in [0, 0.1) is 0 Å². The third-order valence-corrected chi connectivity index (χ3v) is 6.10. The van der Waals surface area contributed by atoms with Crippen molar-refractivity contribution in [3.8, 4) is 11.5 Å². The molecule has 0 unspecified atom stereocenters. The number of rotatable bonds is 7. The molecule has 0 aliphatic heterocycles. The predicted octanol–water partition coefficient (Wildman–Crippen LogP) is 4.04. The Morgan fingerprint density at radius 3 is 2.13 bits per heavy atom. The highest BCUT2D eigenvalue weighted by Crippen LogP contribution is 2.30. The molecule has 0 atom stereocenters. The first kappa shape index (κ1) is 20.6. The zero-order chi connectivity index (χ0) is 21.8. The molecule has 3 aromatic carbocycles. The summed E-state index contributed by atoms with van der Waals surface area (Å²) in [6, 6.07) is 21.0. The Hall–Kier alpha value is -3.65. The normalized spacial score (nSPS) is 11.3. The molecule has 0 aliphatic carbocycles. The minimum absolute atomic E-state index is 0.155. The lowest BCUT2D eigenvalue weighted by atomic mass is 10.1. The van der Waals surface area contributed by atoms with E-state index in [0.29, 0.717) is 34.6 Å². The van der Waals surface area contributed by atoms with Gasteiger partial charge in [0.2, 0.25) is 0 Å². The van der Waals surface area contributed by atoms with Gasteiger partial charge in [0.05, 0.1) is 35.8 Å². The number of fused-ring (bicyclic) bond motifs is 1. The number of anilines is 1. The molecule has 0 amide bonds. The van der Waals surface area contributed by atoms with Crippen molar-refractivity contribution in [1.82, 2.24) is 9.97 Å². The number of ether oxygens (including phenoxy) is 2. The molecule has 7 nitrogen and oxygen atoms in total. The van der Waals surface area contributed by atoms with Crippen LogP contribution < -0.4 is 14.2 Å². The summed E-state index contributed by atoms with van der Waals surface area (Å²) >= 11 is 0. The van der Waals surface area contributed by atoms with E-state index in [0.717, 1.165) is 5.56 Å². The summed E-state index contributed by atoms with van der Waals surface area (Å²) in [5.41, 5.74) is 2.66. The fraction of sp³-hybridized carbons (Fsp3) is 0.130. The van der Waals surface area contributed by atoms with Gasteiger partial charge in [-0.25, -0.2) is 18.4 Å². The van der Waals surface area contributed by atoms with Crippen LogP contribution in [0.1, 0.15) is 11.3 Å². The predicted molar refractivity (Wildman–Crippen MR) is 119 cm³/mol. The molecule has 0 aliphatic rings. The number of hydrogen-bond acceptors (Lipinski definition) is 6. The molecule has 0 fully saturated rings. The number of hydrogen-bond donors (Lipinski definition) is 1. The molecule has 158 valence electrons. The highest BCUT2D eigenvalue weighted by atomic mass is 32.2. The molecule has 1 aromatic heterocycles. The van der Waals surface area contributed by atoms with Crippen LogP contribution in [-0.4, -0.2) is 32.6 Å². The summed E-state index contributed by atoms with van der Waals surface area (Å²) in [6.45, 7) is 0. The van der Waals surface area contributed by atoms with Gasteiger partial charge in [0.25, 0.3) is 10.0 Å². The Morgan fingerprint density at radius 1 is 0.806 bits per heavy atom. The van der Waals surface area contributed by atoms with Crippen molar-refractivity contribution in [3.05, 3.63) is 84.1 Å². The SMILES string of the molecule is COc1ccc(Cc2nc3ccccc3nc2NS(=O)(=O)c2ccccc2)cc1OC. The topological polar surface area (TPSA) is 90.4 Å². The van der Waals surface area contributed by atoms with Crippen molar-refractivity contribution in [3.63, 3.8) is 0 Å². The number of methoxy groups -OCH3 is 2. The lowest BCUT2D eigenvalue weighted by Gasteiger charge is -2.14. The minimum Gasteiger partial charge on any atom is -0.493 e. The third-order valence-electron chi connectivity index (χ3n) is 4.75. The van der Waals surface area contributed by atoms with E-state index in [1.807, 2.05) is 30.3 Å². The quantitative estimate of drug-likeness (QED) is 0.471. The van der Waals surface area contributed by atoms with Crippen molar-refractivity contribution >= 4 is 26.9 Å². The summed E-state index contributed by atoms with van der Waals surface area (Å²) in [5.74, 6) is 1.39. The minimum atomic E-state index is -3.82. The molecule has 0 saturated heterocycles. The van der Waals surface area contributed by atoms with E-state index in [9.17, 15) is 8.42 Å². The maximum Gasteiger partial charge on any atom is 0.263 e. The molecule has 0 radical (unpaired) electrons. The van der Waals surface area contributed by atoms with E-state index in [-0.39, 0.29) is 10.7 Å². The summed E-state index contributed by atoms with van der Waals surface area (Å²) in [6.07, 6.45) is 0.352. The number of sulfonamides is 1. The van der Waals surface area contributed by atoms with Gasteiger partial charge in [-0.1, -0.05) is 36.4 Å². The van der Waals surface area contributed by atoms with Gasteiger partial charge < -0.3 is 9.47 Å². The van der Waals surface area contributed by atoms with Gasteiger partial charge in [0, 0.05) is 6.42 Å². The Bertz CT molecular complexity index is 1330. The zero-order valence-corrected chi connectivity index (χ0v) is 17.9. The first-order valence-electron chi connectivity index (χ1n) is 9.54. The highest BCUT2D eigenvalue weighted by Gasteiger charge is 2.19. The average Bonchev–Trinajstić information content (AvgIpc) is 2.79. The van der Waals surface area contributed by atoms with Crippen LogP contribution in [0.3, 0.4) is 0 Å². The van der Waals surface area contributed by atoms with E-state index >= 15 is 0 Å². The zero-order valence-electron chi connectivity index (χ0n) is 17.1. The molecule has 0 spiro atoms. The van der Waals surface area contributed by atoms with E-state index in [1.54, 1.807) is 44.6 Å². The number of para-hydroxylation sites is 2. The van der Waals surface area contributed by atoms with E-state index in [1.165, 1.54) is 12.1 Å². The van der Waals surface area contributed by atoms with Crippen molar-refractivity contribution in [2.24, 2.45) is 0 Å². The van der Waals surface area contributed by atoms with Crippen LogP contribution in [-0.2, 0) is 16.4 Å². The molecule has 1 N–H and O–H groups in total. The lowest BCUT2D eigenvalue weighted by Crippen LogP contribution is -2.16. The molecule has 4 rings (SSSR count). The van der Waals surface area contributed by atoms with E-state index in [4.69, 9.17) is 9.47 Å². The maximum absolute atomic E-state index is 12.9. The largest absolute Gasteiger partial charge is 0.493 e. The van der Waals surface area contributed by atoms with Crippen molar-refractivity contribution in [2.75, 3.05) is 18.9 Å². The highest BCUT2D eigenvalue weighted by molar-refractivity contribution is 7.92. The molecule has 31 heavy (non-hydrogen) atoms. The Morgan fingerprint density at radius 2 is 1.45 bits per heavy atom. The Balaban J connectivity index is 1.77. The summed E-state index contributed by atoms with van der Waals surface area (Å²) in [7, 11) is -0.679. The monoisotopic (exact) mass is 435 g/mol. The molecular weight excluding hydrogens is 414 g/mol. The van der Waals surface area contributed by atoms with Crippen LogP contribution in [0.25, 0.3) is 11.0 Å². The average molecular weight is 436 g/mol. The van der Waals surface area contributed by atoms with Gasteiger partial charge in [-0.2, -0.15) is 0 Å². The fourth-order valence-corrected chi connectivity index (χ4v) is 4.26. The molecule has 0 saturated carbocycles. The standard InChI is InChI=1S/C23H21N3O4S/c1-29-21-13-12-16(15-22(21)30-2)14-20-23(25-19-11-7-6-10-18(19)24-20)26-31(27,28)17-8-4-3-5-9-17/h3-13,15H,14H2,1-2H3,(H,25,26). The van der Waals surface area contributed by atoms with Gasteiger partial charge in [0.15, 0.2) is 17.3 Å². The molecule has 4 aromatic rings. The van der Waals surface area contributed by atoms with Gasteiger partial charge in [-0.3, -0.25) is 4.72 Å². The number of nitrogens with one attached hydrogen (secondary N) is 1. The second-order valence-corrected chi connectivity index (χ2v) is 8.47. The van der Waals surface area contributed by atoms with Crippen molar-refractivity contribution < 1.29 is 17.9 Å². The summed E-state index contributed by atoms with van der Waals surface area (Å²) < 4.78 is 39.1. The van der Waals surface area contributed by atoms with Crippen molar-refractivity contribution in [2.45, 2.75) is 11.3 Å². The number of benzene rings is 3. The van der Waals surface area contributed by atoms with Crippen molar-refractivity contribution in [1.29, 1.82) is 0 Å². The number of nitrogens with zero attached hydrogens (tertiary/aromatic N) is 2. The lowest BCUT2D eigenvalue weighted by molar-refractivity contribution is 0.354. The second kappa shape index (κ2) is 8.61. The molecule has 8 heteroatoms. The van der Waals surface area contributed by atoms with Crippen LogP contribution >= 0.6 is 0 Å². The van der Waals surface area contributed by atoms with Gasteiger partial charge in [-0.15, -0.1) is 0 Å². The van der Waals surface area contributed by atoms with Crippen LogP contribution in [0.2, 0.25) is 0 Å². The van der Waals surface area contributed by atoms with E-state index < -0.39 is 10.0 Å². The second-order valence-electron chi connectivity index (χ2n) is 6.79. The van der Waals surface area contributed by atoms with Crippen LogP contribution in [0.4, 0.5) is 5.82 Å².